The Morgan fingerprint density at radius 2 is 1.15 bits per heavy atom. The molecular weight excluding hydrogens is 408 g/mol. The Balaban J connectivity index is 1.70. The van der Waals surface area contributed by atoms with E-state index in [0.29, 0.717) is 18.1 Å². The molecule has 4 aromatic rings. The number of methoxy groups -OCH3 is 2. The zero-order valence-corrected chi connectivity index (χ0v) is 19.3. The summed E-state index contributed by atoms with van der Waals surface area (Å²) in [7, 11) is 3.39. The van der Waals surface area contributed by atoms with Gasteiger partial charge in [-0.05, 0) is 47.6 Å². The third-order valence-electron chi connectivity index (χ3n) is 5.74. The van der Waals surface area contributed by atoms with Gasteiger partial charge in [-0.2, -0.15) is 0 Å². The summed E-state index contributed by atoms with van der Waals surface area (Å²) in [5.41, 5.74) is 5.66. The third-order valence-corrected chi connectivity index (χ3v) is 5.74. The minimum Gasteiger partial charge on any atom is -0.492 e. The summed E-state index contributed by atoms with van der Waals surface area (Å²) in [4.78, 5) is 0. The second kappa shape index (κ2) is 11.2. The average molecular weight is 439 g/mol. The lowest BCUT2D eigenvalue weighted by atomic mass is 9.96. The van der Waals surface area contributed by atoms with Crippen molar-refractivity contribution in [1.29, 1.82) is 0 Å². The Morgan fingerprint density at radius 1 is 0.576 bits per heavy atom. The second-order valence-corrected chi connectivity index (χ2v) is 7.96. The van der Waals surface area contributed by atoms with E-state index in [4.69, 9.17) is 14.2 Å². The van der Waals surface area contributed by atoms with Crippen molar-refractivity contribution in [1.82, 2.24) is 0 Å². The molecule has 0 amide bonds. The molecule has 0 unspecified atom stereocenters. The van der Waals surface area contributed by atoms with E-state index in [1.165, 1.54) is 5.56 Å². The van der Waals surface area contributed by atoms with Gasteiger partial charge in [0.05, 0.1) is 14.2 Å². The Bertz CT molecular complexity index is 1140. The van der Waals surface area contributed by atoms with Crippen LogP contribution in [0, 0.1) is 0 Å². The van der Waals surface area contributed by atoms with Gasteiger partial charge in [0.2, 0.25) is 5.75 Å². The van der Waals surface area contributed by atoms with Gasteiger partial charge in [0.25, 0.3) is 0 Å². The van der Waals surface area contributed by atoms with Crippen LogP contribution in [0.15, 0.2) is 97.1 Å². The van der Waals surface area contributed by atoms with Crippen LogP contribution in [-0.2, 0) is 19.4 Å². The smallest absolute Gasteiger partial charge is 0.204 e. The van der Waals surface area contributed by atoms with E-state index in [2.05, 4.69) is 60.7 Å². The van der Waals surface area contributed by atoms with E-state index >= 15 is 0 Å². The van der Waals surface area contributed by atoms with Gasteiger partial charge in [-0.1, -0.05) is 91.0 Å². The average Bonchev–Trinajstić information content (AvgIpc) is 2.88. The minimum atomic E-state index is 0.440. The highest BCUT2D eigenvalue weighted by Gasteiger charge is 2.22. The summed E-state index contributed by atoms with van der Waals surface area (Å²) >= 11 is 0. The van der Waals surface area contributed by atoms with Crippen molar-refractivity contribution in [3.05, 3.63) is 114 Å². The van der Waals surface area contributed by atoms with Crippen LogP contribution in [0.5, 0.6) is 17.2 Å². The Hall–Kier alpha value is -3.72. The third kappa shape index (κ3) is 5.56. The lowest BCUT2D eigenvalue weighted by molar-refractivity contribution is 0.265. The molecule has 168 valence electrons. The topological polar surface area (TPSA) is 27.7 Å². The molecule has 0 N–H and O–H groups in total. The maximum Gasteiger partial charge on any atom is 0.204 e. The first-order chi connectivity index (χ1) is 16.3. The van der Waals surface area contributed by atoms with Crippen molar-refractivity contribution < 1.29 is 14.2 Å². The molecule has 0 bridgehead atoms. The summed E-state index contributed by atoms with van der Waals surface area (Å²) in [5.74, 6) is 2.09. The highest BCUT2D eigenvalue weighted by atomic mass is 16.5. The normalized spacial score (nSPS) is 10.6. The molecule has 0 radical (unpaired) electrons. The Labute approximate surface area is 196 Å². The second-order valence-electron chi connectivity index (χ2n) is 7.96. The number of hydrogen-bond donors (Lipinski definition) is 0. The highest BCUT2D eigenvalue weighted by Crippen LogP contribution is 2.47. The van der Waals surface area contributed by atoms with E-state index in [0.717, 1.165) is 47.3 Å². The fourth-order valence-electron chi connectivity index (χ4n) is 4.11. The number of hydrogen-bond acceptors (Lipinski definition) is 3. The SMILES string of the molecule is COc1c(CCCc2ccccc2)cc(-c2ccccc2)c(OC)c1OCc1ccccc1. The van der Waals surface area contributed by atoms with Crippen LogP contribution in [0.2, 0.25) is 0 Å². The number of benzene rings is 4. The molecule has 0 aliphatic heterocycles. The molecule has 3 heteroatoms. The predicted octanol–water partition coefficient (Wildman–Crippen LogP) is 7.13. The minimum absolute atomic E-state index is 0.440. The number of rotatable bonds is 10. The van der Waals surface area contributed by atoms with Crippen LogP contribution in [-0.4, -0.2) is 14.2 Å². The molecule has 0 saturated carbocycles. The van der Waals surface area contributed by atoms with Crippen LogP contribution < -0.4 is 14.2 Å². The fraction of sp³-hybridized carbons (Fsp3) is 0.200. The standard InChI is InChI=1S/C30H30O3/c1-31-28-26(20-12-17-23-13-6-3-7-14-23)21-27(25-18-10-5-11-19-25)29(32-2)30(28)33-22-24-15-8-4-9-16-24/h3-11,13-16,18-19,21H,12,17,20,22H2,1-2H3. The van der Waals surface area contributed by atoms with Crippen LogP contribution >= 0.6 is 0 Å². The molecule has 3 nitrogen and oxygen atoms in total. The van der Waals surface area contributed by atoms with Gasteiger partial charge in [0.1, 0.15) is 6.61 Å². The zero-order valence-electron chi connectivity index (χ0n) is 19.3. The molecule has 0 fully saturated rings. The molecule has 0 heterocycles. The Kier molecular flexibility index (Phi) is 7.65. The number of ether oxygens (including phenoxy) is 3. The van der Waals surface area contributed by atoms with Crippen LogP contribution in [0.3, 0.4) is 0 Å². The summed E-state index contributed by atoms with van der Waals surface area (Å²) in [5, 5.41) is 0. The maximum atomic E-state index is 6.35. The Morgan fingerprint density at radius 3 is 1.76 bits per heavy atom. The highest BCUT2D eigenvalue weighted by molar-refractivity contribution is 5.78. The summed E-state index contributed by atoms with van der Waals surface area (Å²) in [6.45, 7) is 0.440. The van der Waals surface area contributed by atoms with Gasteiger partial charge >= 0.3 is 0 Å². The van der Waals surface area contributed by atoms with E-state index in [-0.39, 0.29) is 0 Å². The van der Waals surface area contributed by atoms with Crippen LogP contribution in [0.25, 0.3) is 11.1 Å². The molecule has 4 aromatic carbocycles. The lowest BCUT2D eigenvalue weighted by Crippen LogP contribution is -2.04. The number of aryl methyl sites for hydroxylation is 2. The molecule has 4 rings (SSSR count). The zero-order chi connectivity index (χ0) is 22.9. The molecule has 0 spiro atoms. The molecular formula is C30H30O3. The van der Waals surface area contributed by atoms with Crippen molar-refractivity contribution in [2.24, 2.45) is 0 Å². The van der Waals surface area contributed by atoms with E-state index in [1.54, 1.807) is 14.2 Å². The first-order valence-corrected chi connectivity index (χ1v) is 11.3. The monoisotopic (exact) mass is 438 g/mol. The van der Waals surface area contributed by atoms with Gasteiger partial charge in [0, 0.05) is 5.56 Å². The fourth-order valence-corrected chi connectivity index (χ4v) is 4.11. The van der Waals surface area contributed by atoms with Crippen molar-refractivity contribution in [3.63, 3.8) is 0 Å². The van der Waals surface area contributed by atoms with Gasteiger partial charge in [-0.15, -0.1) is 0 Å². The van der Waals surface area contributed by atoms with Crippen LogP contribution in [0.1, 0.15) is 23.1 Å². The summed E-state index contributed by atoms with van der Waals surface area (Å²) < 4.78 is 18.1. The van der Waals surface area contributed by atoms with Crippen molar-refractivity contribution >= 4 is 0 Å². The van der Waals surface area contributed by atoms with Gasteiger partial charge in [0.15, 0.2) is 11.5 Å². The van der Waals surface area contributed by atoms with Gasteiger partial charge in [-0.3, -0.25) is 0 Å². The quantitative estimate of drug-likeness (QED) is 0.264. The van der Waals surface area contributed by atoms with Gasteiger partial charge < -0.3 is 14.2 Å². The first kappa shape index (κ1) is 22.5. The molecule has 0 aliphatic rings. The summed E-state index contributed by atoms with van der Waals surface area (Å²) in [6, 6.07) is 33.2. The molecule has 0 aromatic heterocycles. The maximum absolute atomic E-state index is 6.35. The molecule has 0 aliphatic carbocycles. The lowest BCUT2D eigenvalue weighted by Gasteiger charge is -2.21. The van der Waals surface area contributed by atoms with E-state index in [9.17, 15) is 0 Å². The molecule has 0 saturated heterocycles. The summed E-state index contributed by atoms with van der Waals surface area (Å²) in [6.07, 6.45) is 2.90. The van der Waals surface area contributed by atoms with Gasteiger partial charge in [-0.25, -0.2) is 0 Å². The molecule has 0 atom stereocenters. The van der Waals surface area contributed by atoms with E-state index in [1.807, 2.05) is 36.4 Å². The largest absolute Gasteiger partial charge is 0.492 e. The molecule has 33 heavy (non-hydrogen) atoms. The first-order valence-electron chi connectivity index (χ1n) is 11.3. The van der Waals surface area contributed by atoms with Crippen LogP contribution in [0.4, 0.5) is 0 Å². The predicted molar refractivity (Wildman–Crippen MR) is 134 cm³/mol. The van der Waals surface area contributed by atoms with E-state index < -0.39 is 0 Å². The van der Waals surface area contributed by atoms with Crippen molar-refractivity contribution in [3.8, 4) is 28.4 Å². The van der Waals surface area contributed by atoms with Crippen molar-refractivity contribution in [2.45, 2.75) is 25.9 Å². The van der Waals surface area contributed by atoms with Crippen molar-refractivity contribution in [2.75, 3.05) is 14.2 Å².